The summed E-state index contributed by atoms with van der Waals surface area (Å²) in [6, 6.07) is 5.58. The van der Waals surface area contributed by atoms with Crippen LogP contribution in [0, 0.1) is 0 Å². The summed E-state index contributed by atoms with van der Waals surface area (Å²) in [5.41, 5.74) is 6.64. The van der Waals surface area contributed by atoms with E-state index in [9.17, 15) is 13.2 Å². The molecule has 4 N–H and O–H groups in total. The highest BCUT2D eigenvalue weighted by molar-refractivity contribution is 14.1. The Morgan fingerprint density at radius 2 is 1.95 bits per heavy atom. The summed E-state index contributed by atoms with van der Waals surface area (Å²) in [6.07, 6.45) is 0.804. The summed E-state index contributed by atoms with van der Waals surface area (Å²) in [7, 11) is -3.32. The normalized spacial score (nSPS) is 12.9. The van der Waals surface area contributed by atoms with Crippen molar-refractivity contribution in [2.24, 2.45) is 5.73 Å². The van der Waals surface area contributed by atoms with E-state index in [0.717, 1.165) is 9.99 Å². The number of carboxylic acid groups (broad SMARTS) is 1. The standard InChI is InChI=1S/C12H17IN2O4S/c13-6-1-7-20(18,19)15-10-4-2-9(3-5-10)8-11(14)12(16)17/h2-5,11,15H,1,6-8,14H2,(H,16,17)/t11-/m0/s1. The third kappa shape index (κ3) is 6.06. The van der Waals surface area contributed by atoms with E-state index in [1.165, 1.54) is 0 Å². The molecule has 0 fully saturated rings. The molecule has 0 spiro atoms. The van der Waals surface area contributed by atoms with Crippen molar-refractivity contribution in [3.8, 4) is 0 Å². The molecule has 0 unspecified atom stereocenters. The van der Waals surface area contributed by atoms with E-state index in [-0.39, 0.29) is 12.2 Å². The van der Waals surface area contributed by atoms with Crippen LogP contribution in [0.3, 0.4) is 0 Å². The van der Waals surface area contributed by atoms with Crippen LogP contribution < -0.4 is 10.5 Å². The molecule has 0 saturated heterocycles. The predicted molar refractivity (Wildman–Crippen MR) is 86.7 cm³/mol. The Balaban J connectivity index is 2.65. The molecule has 0 aliphatic rings. The maximum absolute atomic E-state index is 11.7. The van der Waals surface area contributed by atoms with Crippen LogP contribution in [0.4, 0.5) is 5.69 Å². The zero-order chi connectivity index (χ0) is 15.2. The van der Waals surface area contributed by atoms with E-state index >= 15 is 0 Å². The third-order valence-electron chi connectivity index (χ3n) is 2.55. The second kappa shape index (κ2) is 7.79. The van der Waals surface area contributed by atoms with Gasteiger partial charge in [0.1, 0.15) is 6.04 Å². The van der Waals surface area contributed by atoms with Gasteiger partial charge in [-0.1, -0.05) is 34.7 Å². The van der Waals surface area contributed by atoms with Crippen LogP contribution >= 0.6 is 22.6 Å². The number of benzene rings is 1. The van der Waals surface area contributed by atoms with Crippen molar-refractivity contribution in [2.75, 3.05) is 14.9 Å². The molecule has 8 heteroatoms. The number of sulfonamides is 1. The monoisotopic (exact) mass is 412 g/mol. The Morgan fingerprint density at radius 3 is 2.45 bits per heavy atom. The lowest BCUT2D eigenvalue weighted by molar-refractivity contribution is -0.138. The van der Waals surface area contributed by atoms with Crippen molar-refractivity contribution in [3.05, 3.63) is 29.8 Å². The number of carbonyl (C=O) groups is 1. The number of carboxylic acids is 1. The van der Waals surface area contributed by atoms with Gasteiger partial charge in [-0.15, -0.1) is 0 Å². The van der Waals surface area contributed by atoms with Crippen molar-refractivity contribution >= 4 is 44.3 Å². The highest BCUT2D eigenvalue weighted by Crippen LogP contribution is 2.13. The average Bonchev–Trinajstić information content (AvgIpc) is 2.38. The van der Waals surface area contributed by atoms with Crippen LogP contribution in [-0.4, -0.2) is 35.7 Å². The molecule has 0 aliphatic heterocycles. The Kier molecular flexibility index (Phi) is 6.69. The zero-order valence-corrected chi connectivity index (χ0v) is 13.7. The lowest BCUT2D eigenvalue weighted by atomic mass is 10.1. The van der Waals surface area contributed by atoms with Gasteiger partial charge in [-0.3, -0.25) is 9.52 Å². The number of nitrogens with one attached hydrogen (secondary N) is 1. The quantitative estimate of drug-likeness (QED) is 0.439. The second-order valence-electron chi connectivity index (χ2n) is 4.31. The number of anilines is 1. The van der Waals surface area contributed by atoms with Crippen molar-refractivity contribution in [1.82, 2.24) is 0 Å². The zero-order valence-electron chi connectivity index (χ0n) is 10.8. The lowest BCUT2D eigenvalue weighted by Crippen LogP contribution is -2.32. The Bertz CT molecular complexity index is 545. The number of hydrogen-bond donors (Lipinski definition) is 3. The molecule has 0 aromatic heterocycles. The van der Waals surface area contributed by atoms with Gasteiger partial charge in [-0.05, 0) is 30.5 Å². The second-order valence-corrected chi connectivity index (χ2v) is 7.23. The van der Waals surface area contributed by atoms with Gasteiger partial charge >= 0.3 is 5.97 Å². The number of alkyl halides is 1. The first-order valence-electron chi connectivity index (χ1n) is 5.98. The van der Waals surface area contributed by atoms with Gasteiger partial charge in [0, 0.05) is 10.1 Å². The summed E-state index contributed by atoms with van der Waals surface area (Å²) in [5, 5.41) is 8.72. The molecule has 0 aliphatic carbocycles. The smallest absolute Gasteiger partial charge is 0.320 e. The van der Waals surface area contributed by atoms with Gasteiger partial charge < -0.3 is 10.8 Å². The van der Waals surface area contributed by atoms with E-state index in [4.69, 9.17) is 10.8 Å². The molecule has 1 rings (SSSR count). The Morgan fingerprint density at radius 1 is 1.35 bits per heavy atom. The SMILES string of the molecule is N[C@@H](Cc1ccc(NS(=O)(=O)CCCI)cc1)C(=O)O. The van der Waals surface area contributed by atoms with Gasteiger partial charge in [-0.2, -0.15) is 0 Å². The first-order chi connectivity index (χ1) is 9.34. The minimum Gasteiger partial charge on any atom is -0.480 e. The van der Waals surface area contributed by atoms with Gasteiger partial charge in [0.2, 0.25) is 10.0 Å². The highest BCUT2D eigenvalue weighted by Gasteiger charge is 2.13. The van der Waals surface area contributed by atoms with E-state index in [1.54, 1.807) is 24.3 Å². The molecule has 0 radical (unpaired) electrons. The number of rotatable bonds is 8. The molecule has 1 aromatic rings. The van der Waals surface area contributed by atoms with Crippen molar-refractivity contribution in [1.29, 1.82) is 0 Å². The van der Waals surface area contributed by atoms with Gasteiger partial charge in [0.05, 0.1) is 5.75 Å². The number of nitrogens with two attached hydrogens (primary N) is 1. The van der Waals surface area contributed by atoms with Crippen molar-refractivity contribution < 1.29 is 18.3 Å². The maximum Gasteiger partial charge on any atom is 0.320 e. The molecule has 0 bridgehead atoms. The summed E-state index contributed by atoms with van der Waals surface area (Å²) in [5.74, 6) is -0.977. The minimum absolute atomic E-state index is 0.0849. The fraction of sp³-hybridized carbons (Fsp3) is 0.417. The molecular formula is C12H17IN2O4S. The average molecular weight is 412 g/mol. The molecular weight excluding hydrogens is 395 g/mol. The molecule has 1 aromatic carbocycles. The molecule has 6 nitrogen and oxygen atoms in total. The number of hydrogen-bond acceptors (Lipinski definition) is 4. The van der Waals surface area contributed by atoms with E-state index in [1.807, 2.05) is 0 Å². The number of halogens is 1. The maximum atomic E-state index is 11.7. The summed E-state index contributed by atoms with van der Waals surface area (Å²) >= 11 is 2.13. The molecule has 112 valence electrons. The van der Waals surface area contributed by atoms with E-state index in [0.29, 0.717) is 12.1 Å². The van der Waals surface area contributed by atoms with Crippen LogP contribution in [0.2, 0.25) is 0 Å². The third-order valence-corrected chi connectivity index (χ3v) is 4.68. The van der Waals surface area contributed by atoms with Crippen molar-refractivity contribution in [2.45, 2.75) is 18.9 Å². The van der Waals surface area contributed by atoms with Gasteiger partial charge in [0.15, 0.2) is 0 Å². The largest absolute Gasteiger partial charge is 0.480 e. The molecule has 0 saturated carbocycles. The van der Waals surface area contributed by atoms with Crippen LogP contribution in [0.25, 0.3) is 0 Å². The molecule has 20 heavy (non-hydrogen) atoms. The minimum atomic E-state index is -3.32. The summed E-state index contributed by atoms with van der Waals surface area (Å²) in [4.78, 5) is 10.6. The fourth-order valence-corrected chi connectivity index (χ4v) is 3.55. The predicted octanol–water partition coefficient (Wildman–Crippen LogP) is 1.21. The first-order valence-corrected chi connectivity index (χ1v) is 9.15. The fourth-order valence-electron chi connectivity index (χ4n) is 1.53. The molecule has 0 heterocycles. The van der Waals surface area contributed by atoms with Crippen LogP contribution in [-0.2, 0) is 21.2 Å². The first kappa shape index (κ1) is 17.2. The van der Waals surface area contributed by atoms with Gasteiger partial charge in [0.25, 0.3) is 0 Å². The Labute approximate surface area is 131 Å². The highest BCUT2D eigenvalue weighted by atomic mass is 127. The molecule has 0 amide bonds. The summed E-state index contributed by atoms with van der Waals surface area (Å²) < 4.78 is 26.7. The van der Waals surface area contributed by atoms with E-state index in [2.05, 4.69) is 27.3 Å². The van der Waals surface area contributed by atoms with Crippen molar-refractivity contribution in [3.63, 3.8) is 0 Å². The lowest BCUT2D eigenvalue weighted by Gasteiger charge is -2.09. The number of aliphatic carboxylic acids is 1. The van der Waals surface area contributed by atoms with E-state index < -0.39 is 22.0 Å². The topological polar surface area (TPSA) is 109 Å². The van der Waals surface area contributed by atoms with Crippen LogP contribution in [0.15, 0.2) is 24.3 Å². The van der Waals surface area contributed by atoms with Crippen LogP contribution in [0.5, 0.6) is 0 Å². The Hall–Kier alpha value is -0.870. The van der Waals surface area contributed by atoms with Crippen LogP contribution in [0.1, 0.15) is 12.0 Å². The molecule has 1 atom stereocenters. The van der Waals surface area contributed by atoms with Gasteiger partial charge in [-0.25, -0.2) is 8.42 Å². The summed E-state index contributed by atoms with van der Waals surface area (Å²) in [6.45, 7) is 0.